The van der Waals surface area contributed by atoms with Gasteiger partial charge in [0.15, 0.2) is 0 Å². The number of hydrogen-bond donors (Lipinski definition) is 2. The third-order valence-corrected chi connectivity index (χ3v) is 2.52. The van der Waals surface area contributed by atoms with Gasteiger partial charge in [-0.25, -0.2) is 4.39 Å². The minimum Gasteiger partial charge on any atom is -0.323 e. The van der Waals surface area contributed by atoms with E-state index in [4.69, 9.17) is 5.73 Å². The molecule has 0 bridgehead atoms. The standard InChI is InChI=1S/C10H11F4NS/c1-5(16)9(15)6-2-3-8(11)7(4-6)10(12,13)14/h2-5,9,16H,15H2,1H3. The van der Waals surface area contributed by atoms with Crippen molar-refractivity contribution in [3.05, 3.63) is 35.1 Å². The number of thiol groups is 1. The SMILES string of the molecule is CC(S)C(N)c1ccc(F)c(C(F)(F)F)c1. The summed E-state index contributed by atoms with van der Waals surface area (Å²) in [7, 11) is 0. The number of rotatable bonds is 2. The van der Waals surface area contributed by atoms with Crippen LogP contribution in [0.15, 0.2) is 18.2 Å². The molecular formula is C10H11F4NS. The summed E-state index contributed by atoms with van der Waals surface area (Å²) in [5.74, 6) is -1.30. The monoisotopic (exact) mass is 253 g/mol. The highest BCUT2D eigenvalue weighted by atomic mass is 32.1. The predicted molar refractivity (Wildman–Crippen MR) is 56.8 cm³/mol. The molecule has 0 saturated heterocycles. The Hall–Kier alpha value is -0.750. The Morgan fingerprint density at radius 1 is 1.31 bits per heavy atom. The molecule has 0 amide bonds. The third kappa shape index (κ3) is 2.89. The fraction of sp³-hybridized carbons (Fsp3) is 0.400. The molecule has 1 nitrogen and oxygen atoms in total. The minimum atomic E-state index is -4.71. The van der Waals surface area contributed by atoms with Crippen LogP contribution in [0, 0.1) is 5.82 Å². The summed E-state index contributed by atoms with van der Waals surface area (Å²) < 4.78 is 50.1. The first-order valence-corrected chi connectivity index (χ1v) is 5.05. The van der Waals surface area contributed by atoms with Crippen LogP contribution in [-0.2, 0) is 6.18 Å². The summed E-state index contributed by atoms with van der Waals surface area (Å²) in [5.41, 5.74) is 4.56. The molecule has 0 radical (unpaired) electrons. The minimum absolute atomic E-state index is 0.219. The van der Waals surface area contributed by atoms with E-state index in [-0.39, 0.29) is 10.8 Å². The summed E-state index contributed by atoms with van der Waals surface area (Å²) in [6, 6.07) is 2.08. The molecule has 6 heteroatoms. The molecule has 0 aliphatic carbocycles. The highest BCUT2D eigenvalue weighted by Crippen LogP contribution is 2.33. The van der Waals surface area contributed by atoms with Crippen LogP contribution >= 0.6 is 12.6 Å². The molecule has 90 valence electrons. The Kier molecular flexibility index (Phi) is 3.85. The molecule has 1 aromatic carbocycles. The van der Waals surface area contributed by atoms with Gasteiger partial charge in [0.25, 0.3) is 0 Å². The molecule has 0 aliphatic heterocycles. The van der Waals surface area contributed by atoms with Crippen molar-refractivity contribution in [2.75, 3.05) is 0 Å². The van der Waals surface area contributed by atoms with Crippen molar-refractivity contribution in [2.45, 2.75) is 24.4 Å². The van der Waals surface area contributed by atoms with Crippen molar-refractivity contribution in [1.82, 2.24) is 0 Å². The van der Waals surface area contributed by atoms with Gasteiger partial charge in [-0.1, -0.05) is 13.0 Å². The molecule has 0 spiro atoms. The van der Waals surface area contributed by atoms with E-state index >= 15 is 0 Å². The lowest BCUT2D eigenvalue weighted by molar-refractivity contribution is -0.140. The first-order chi connectivity index (χ1) is 7.23. The lowest BCUT2D eigenvalue weighted by atomic mass is 10.0. The molecule has 0 heterocycles. The van der Waals surface area contributed by atoms with Crippen LogP contribution in [0.5, 0.6) is 0 Å². The largest absolute Gasteiger partial charge is 0.419 e. The molecule has 1 rings (SSSR count). The summed E-state index contributed by atoms with van der Waals surface area (Å²) >= 11 is 4.04. The van der Waals surface area contributed by atoms with Gasteiger partial charge >= 0.3 is 6.18 Å². The molecule has 0 saturated carbocycles. The quantitative estimate of drug-likeness (QED) is 0.614. The highest BCUT2D eigenvalue weighted by molar-refractivity contribution is 7.81. The van der Waals surface area contributed by atoms with Gasteiger partial charge in [-0.05, 0) is 17.7 Å². The van der Waals surface area contributed by atoms with E-state index in [0.29, 0.717) is 0 Å². The summed E-state index contributed by atoms with van der Waals surface area (Å²) in [6.45, 7) is 1.66. The average Bonchev–Trinajstić information content (AvgIpc) is 2.15. The van der Waals surface area contributed by atoms with Crippen molar-refractivity contribution in [3.63, 3.8) is 0 Å². The molecule has 0 aliphatic rings. The zero-order valence-electron chi connectivity index (χ0n) is 8.42. The number of halogens is 4. The first-order valence-electron chi connectivity index (χ1n) is 4.53. The Labute approximate surface area is 96.0 Å². The summed E-state index contributed by atoms with van der Waals surface area (Å²) in [6.07, 6.45) is -4.71. The van der Waals surface area contributed by atoms with Gasteiger partial charge in [0.1, 0.15) is 5.82 Å². The fourth-order valence-electron chi connectivity index (χ4n) is 1.25. The molecule has 2 unspecified atom stereocenters. The first kappa shape index (κ1) is 13.3. The van der Waals surface area contributed by atoms with Crippen LogP contribution in [-0.4, -0.2) is 5.25 Å². The Morgan fingerprint density at radius 2 is 1.88 bits per heavy atom. The van der Waals surface area contributed by atoms with Gasteiger partial charge in [0, 0.05) is 11.3 Å². The van der Waals surface area contributed by atoms with E-state index in [1.807, 2.05) is 0 Å². The number of hydrogen-bond acceptors (Lipinski definition) is 2. The van der Waals surface area contributed by atoms with Gasteiger partial charge in [-0.3, -0.25) is 0 Å². The van der Waals surface area contributed by atoms with Gasteiger partial charge < -0.3 is 5.73 Å². The van der Waals surface area contributed by atoms with E-state index < -0.39 is 23.6 Å². The van der Waals surface area contributed by atoms with Crippen LogP contribution < -0.4 is 5.73 Å². The van der Waals surface area contributed by atoms with Crippen LogP contribution in [0.3, 0.4) is 0 Å². The second-order valence-corrected chi connectivity index (χ2v) is 4.32. The molecular weight excluding hydrogens is 242 g/mol. The van der Waals surface area contributed by atoms with Crippen molar-refractivity contribution < 1.29 is 17.6 Å². The summed E-state index contributed by atoms with van der Waals surface area (Å²) in [4.78, 5) is 0. The highest BCUT2D eigenvalue weighted by Gasteiger charge is 2.34. The van der Waals surface area contributed by atoms with Crippen LogP contribution in [0.1, 0.15) is 24.1 Å². The second-order valence-electron chi connectivity index (χ2n) is 3.50. The normalized spacial score (nSPS) is 15.9. The van der Waals surface area contributed by atoms with E-state index in [0.717, 1.165) is 12.1 Å². The second kappa shape index (κ2) is 4.63. The number of nitrogens with two attached hydrogens (primary N) is 1. The van der Waals surface area contributed by atoms with Crippen molar-refractivity contribution >= 4 is 12.6 Å². The number of benzene rings is 1. The van der Waals surface area contributed by atoms with Gasteiger partial charge in [-0.2, -0.15) is 25.8 Å². The maximum absolute atomic E-state index is 13.0. The molecule has 16 heavy (non-hydrogen) atoms. The summed E-state index contributed by atoms with van der Waals surface area (Å²) in [5, 5.41) is -0.313. The van der Waals surface area contributed by atoms with E-state index in [1.54, 1.807) is 6.92 Å². The Bertz CT molecular complexity index is 376. The zero-order valence-corrected chi connectivity index (χ0v) is 9.32. The lowest BCUT2D eigenvalue weighted by Gasteiger charge is -2.17. The van der Waals surface area contributed by atoms with E-state index in [2.05, 4.69) is 12.6 Å². The molecule has 0 aromatic heterocycles. The van der Waals surface area contributed by atoms with Crippen molar-refractivity contribution in [1.29, 1.82) is 0 Å². The fourth-order valence-corrected chi connectivity index (χ4v) is 1.42. The van der Waals surface area contributed by atoms with Crippen LogP contribution in [0.4, 0.5) is 17.6 Å². The van der Waals surface area contributed by atoms with E-state index in [1.165, 1.54) is 6.07 Å². The number of alkyl halides is 3. The van der Waals surface area contributed by atoms with E-state index in [9.17, 15) is 17.6 Å². The lowest BCUT2D eigenvalue weighted by Crippen LogP contribution is -2.20. The third-order valence-electron chi connectivity index (χ3n) is 2.20. The molecule has 1 aromatic rings. The Balaban J connectivity index is 3.18. The van der Waals surface area contributed by atoms with Gasteiger partial charge in [0.05, 0.1) is 5.56 Å². The predicted octanol–water partition coefficient (Wildman–Crippen LogP) is 3.16. The van der Waals surface area contributed by atoms with Crippen LogP contribution in [0.25, 0.3) is 0 Å². The smallest absolute Gasteiger partial charge is 0.323 e. The molecule has 2 atom stereocenters. The maximum atomic E-state index is 13.0. The van der Waals surface area contributed by atoms with Crippen LogP contribution in [0.2, 0.25) is 0 Å². The topological polar surface area (TPSA) is 26.0 Å². The van der Waals surface area contributed by atoms with Gasteiger partial charge in [-0.15, -0.1) is 0 Å². The molecule has 2 N–H and O–H groups in total. The molecule has 0 fully saturated rings. The maximum Gasteiger partial charge on any atom is 0.419 e. The Morgan fingerprint density at radius 3 is 2.31 bits per heavy atom. The zero-order chi connectivity index (χ0) is 12.5. The van der Waals surface area contributed by atoms with Gasteiger partial charge in [0.2, 0.25) is 0 Å². The van der Waals surface area contributed by atoms with Crippen molar-refractivity contribution in [2.24, 2.45) is 5.73 Å². The van der Waals surface area contributed by atoms with Crippen molar-refractivity contribution in [3.8, 4) is 0 Å². The average molecular weight is 253 g/mol.